The molecule has 0 unspecified atom stereocenters. The highest BCUT2D eigenvalue weighted by Crippen LogP contribution is 2.46. The number of nitrogens with zero attached hydrogens (tertiary/aromatic N) is 5. The average Bonchev–Trinajstić information content (AvgIpc) is 3.62. The van der Waals surface area contributed by atoms with Gasteiger partial charge in [-0.25, -0.2) is 0 Å². The normalized spacial score (nSPS) is 20.8. The molecule has 5 rings (SSSR count). The van der Waals surface area contributed by atoms with Crippen molar-refractivity contribution in [3.8, 4) is 0 Å². The Kier molecular flexibility index (Phi) is 10.5. The van der Waals surface area contributed by atoms with Crippen molar-refractivity contribution in [2.24, 2.45) is 16.3 Å². The summed E-state index contributed by atoms with van der Waals surface area (Å²) in [7, 11) is 0. The van der Waals surface area contributed by atoms with Crippen LogP contribution in [0.1, 0.15) is 106 Å². The van der Waals surface area contributed by atoms with Crippen LogP contribution in [0.5, 0.6) is 0 Å². The molecule has 0 bridgehead atoms. The molecule has 1 saturated carbocycles. The van der Waals surface area contributed by atoms with Crippen LogP contribution in [0.15, 0.2) is 47.5 Å². The number of carbonyl (C=O) groups is 2. The number of hydrogen-bond acceptors (Lipinski definition) is 7. The first-order chi connectivity index (χ1) is 21.8. The Morgan fingerprint density at radius 3 is 2.35 bits per heavy atom. The molecule has 1 aromatic heterocycles. The van der Waals surface area contributed by atoms with Crippen LogP contribution < -0.4 is 5.32 Å². The highest BCUT2D eigenvalue weighted by atomic mass is 35.5. The van der Waals surface area contributed by atoms with Crippen LogP contribution in [0.3, 0.4) is 0 Å². The van der Waals surface area contributed by atoms with Gasteiger partial charge in [-0.3, -0.25) is 14.6 Å². The van der Waals surface area contributed by atoms with E-state index in [4.69, 9.17) is 32.9 Å². The smallest absolute Gasteiger partial charge is 0.275 e. The van der Waals surface area contributed by atoms with E-state index in [0.29, 0.717) is 58.1 Å². The molecule has 1 spiro atoms. The topological polar surface area (TPSA) is 125 Å². The van der Waals surface area contributed by atoms with Gasteiger partial charge in [-0.05, 0) is 85.8 Å². The summed E-state index contributed by atoms with van der Waals surface area (Å²) in [5.74, 6) is 0.441. The summed E-state index contributed by atoms with van der Waals surface area (Å²) >= 11 is 12.8. The minimum atomic E-state index is -0.731. The van der Waals surface area contributed by atoms with Crippen molar-refractivity contribution in [1.29, 1.82) is 0 Å². The quantitative estimate of drug-likeness (QED) is 0.228. The van der Waals surface area contributed by atoms with E-state index in [1.54, 1.807) is 30.3 Å². The van der Waals surface area contributed by atoms with E-state index in [9.17, 15) is 9.59 Å². The van der Waals surface area contributed by atoms with Crippen molar-refractivity contribution in [1.82, 2.24) is 30.8 Å². The maximum Gasteiger partial charge on any atom is 0.275 e. The number of benzene rings is 2. The summed E-state index contributed by atoms with van der Waals surface area (Å²) in [5.41, 5.74) is 1.79. The van der Waals surface area contributed by atoms with Gasteiger partial charge in [0.2, 0.25) is 0 Å². The lowest BCUT2D eigenvalue weighted by Crippen LogP contribution is -2.51. The van der Waals surface area contributed by atoms with Gasteiger partial charge in [-0.15, -0.1) is 10.2 Å². The number of rotatable bonds is 11. The van der Waals surface area contributed by atoms with E-state index < -0.39 is 5.66 Å². The number of carbonyl (C=O) groups excluding carboxylic acids is 2. The first-order valence-corrected chi connectivity index (χ1v) is 16.7. The van der Waals surface area contributed by atoms with Gasteiger partial charge in [0.05, 0.1) is 25.3 Å². The van der Waals surface area contributed by atoms with E-state index in [0.717, 1.165) is 31.2 Å². The highest BCUT2D eigenvalue weighted by molar-refractivity contribution is 6.47. The minimum Gasteiger partial charge on any atom is -0.378 e. The molecule has 0 radical (unpaired) electrons. The van der Waals surface area contributed by atoms with E-state index >= 15 is 0 Å². The highest BCUT2D eigenvalue weighted by Gasteiger charge is 2.52. The summed E-state index contributed by atoms with van der Waals surface area (Å²) in [5, 5.41) is 17.4. The van der Waals surface area contributed by atoms with Gasteiger partial charge >= 0.3 is 0 Å². The molecule has 1 aliphatic heterocycles. The fourth-order valence-corrected chi connectivity index (χ4v) is 6.70. The molecule has 2 amide bonds. The molecule has 3 aromatic rings. The Morgan fingerprint density at radius 2 is 1.76 bits per heavy atom. The number of ether oxygens (including phenoxy) is 1. The Hall–Kier alpha value is -3.34. The molecule has 0 saturated heterocycles. The lowest BCUT2D eigenvalue weighted by molar-refractivity contribution is -0.135. The average molecular weight is 669 g/mol. The fraction of sp³-hybridized carbons (Fsp3) is 0.529. The van der Waals surface area contributed by atoms with Crippen molar-refractivity contribution >= 4 is 40.7 Å². The van der Waals surface area contributed by atoms with Crippen molar-refractivity contribution in [3.63, 3.8) is 0 Å². The molecule has 2 aliphatic rings. The van der Waals surface area contributed by atoms with Crippen LogP contribution in [0.2, 0.25) is 10.0 Å². The summed E-state index contributed by atoms with van der Waals surface area (Å²) in [6.45, 7) is 11.7. The zero-order valence-electron chi connectivity index (χ0n) is 27.1. The van der Waals surface area contributed by atoms with Crippen molar-refractivity contribution in [2.75, 3.05) is 6.61 Å². The SMILES string of the molecule is CC(C)CC[C@H](c1ccc(C(=O)NCc2nn[nH]n2)cc1)N1C(=O)C(c2cc(Cl)cc(Cl)c2)=NC12CCC(OCC(C)(C)C)CC2. The van der Waals surface area contributed by atoms with Crippen molar-refractivity contribution in [3.05, 3.63) is 75.0 Å². The van der Waals surface area contributed by atoms with Gasteiger partial charge in [-0.1, -0.05) is 75.2 Å². The van der Waals surface area contributed by atoms with Crippen LogP contribution >= 0.6 is 23.2 Å². The third-order valence-electron chi connectivity index (χ3n) is 8.49. The summed E-state index contributed by atoms with van der Waals surface area (Å²) in [4.78, 5) is 34.7. The number of aromatic nitrogens is 4. The molecule has 10 nitrogen and oxygen atoms in total. The molecule has 246 valence electrons. The van der Waals surface area contributed by atoms with Crippen molar-refractivity contribution in [2.45, 2.75) is 97.5 Å². The van der Waals surface area contributed by atoms with Crippen LogP contribution in [-0.2, 0) is 16.1 Å². The van der Waals surface area contributed by atoms with E-state index in [2.05, 4.69) is 60.6 Å². The number of tetrazole rings is 1. The number of amides is 2. The molecular weight excluding hydrogens is 625 g/mol. The van der Waals surface area contributed by atoms with E-state index in [1.807, 2.05) is 17.0 Å². The summed E-state index contributed by atoms with van der Waals surface area (Å²) in [6.07, 6.45) is 4.72. The number of hydrogen-bond donors (Lipinski definition) is 2. The Morgan fingerprint density at radius 1 is 1.09 bits per heavy atom. The predicted molar refractivity (Wildman–Crippen MR) is 179 cm³/mol. The van der Waals surface area contributed by atoms with Gasteiger partial charge in [0.1, 0.15) is 11.4 Å². The predicted octanol–water partition coefficient (Wildman–Crippen LogP) is 6.95. The number of H-pyrrole nitrogens is 1. The number of halogens is 2. The summed E-state index contributed by atoms with van der Waals surface area (Å²) in [6, 6.07) is 12.4. The lowest BCUT2D eigenvalue weighted by atomic mass is 9.84. The van der Waals surface area contributed by atoms with Crippen LogP contribution in [0.4, 0.5) is 0 Å². The number of aromatic amines is 1. The molecule has 1 atom stereocenters. The number of nitrogens with one attached hydrogen (secondary N) is 2. The maximum absolute atomic E-state index is 14.6. The zero-order chi connectivity index (χ0) is 33.1. The standard InChI is InChI=1S/C34H43Cl2N7O3/c1-21(2)6-11-28(22-7-9-23(10-8-22)31(44)37-19-29-39-41-42-40-29)43-32(45)30(24-16-25(35)18-26(36)17-24)38-34(43)14-12-27(13-15-34)46-20-33(3,4)5/h7-10,16-18,21,27-28H,6,11-15,19-20H2,1-5H3,(H,37,44)(H,39,40,41,42)/t27?,28-,34?/m1/s1. The first-order valence-electron chi connectivity index (χ1n) is 16.0. The zero-order valence-corrected chi connectivity index (χ0v) is 28.7. The molecule has 2 aromatic carbocycles. The molecule has 2 heterocycles. The fourth-order valence-electron chi connectivity index (χ4n) is 6.18. The Bertz CT molecular complexity index is 1520. The lowest BCUT2D eigenvalue weighted by Gasteiger charge is -2.45. The van der Waals surface area contributed by atoms with Crippen molar-refractivity contribution < 1.29 is 14.3 Å². The number of aliphatic imine (C=N–C) groups is 1. The largest absolute Gasteiger partial charge is 0.378 e. The third-order valence-corrected chi connectivity index (χ3v) is 8.93. The first kappa shape index (κ1) is 34.0. The Labute approximate surface area is 280 Å². The second-order valence-corrected chi connectivity index (χ2v) is 14.8. The third kappa shape index (κ3) is 8.14. The van der Waals surface area contributed by atoms with Gasteiger partial charge in [0.25, 0.3) is 11.8 Å². The van der Waals surface area contributed by atoms with Crippen LogP contribution in [0.25, 0.3) is 0 Å². The second kappa shape index (κ2) is 14.2. The van der Waals surface area contributed by atoms with E-state index in [1.165, 1.54) is 0 Å². The van der Waals surface area contributed by atoms with Gasteiger partial charge in [0, 0.05) is 21.2 Å². The Balaban J connectivity index is 1.46. The van der Waals surface area contributed by atoms with Crippen LogP contribution in [-0.4, -0.2) is 61.4 Å². The summed E-state index contributed by atoms with van der Waals surface area (Å²) < 4.78 is 6.32. The molecule has 46 heavy (non-hydrogen) atoms. The van der Waals surface area contributed by atoms with E-state index in [-0.39, 0.29) is 35.9 Å². The molecule has 1 fully saturated rings. The molecule has 1 aliphatic carbocycles. The van der Waals surface area contributed by atoms with Gasteiger partial charge in [-0.2, -0.15) is 5.21 Å². The molecule has 12 heteroatoms. The molecular formula is C34H43Cl2N7O3. The monoisotopic (exact) mass is 667 g/mol. The minimum absolute atomic E-state index is 0.0691. The van der Waals surface area contributed by atoms with Gasteiger partial charge in [0.15, 0.2) is 5.82 Å². The second-order valence-electron chi connectivity index (χ2n) is 14.0. The van der Waals surface area contributed by atoms with Crippen LogP contribution in [0, 0.1) is 11.3 Å². The maximum atomic E-state index is 14.6. The molecule has 2 N–H and O–H groups in total. The van der Waals surface area contributed by atoms with Gasteiger partial charge < -0.3 is 15.0 Å².